The predicted octanol–water partition coefficient (Wildman–Crippen LogP) is 2.15. The summed E-state index contributed by atoms with van der Waals surface area (Å²) < 4.78 is 5.73. The lowest BCUT2D eigenvalue weighted by atomic mass is 10.6. The summed E-state index contributed by atoms with van der Waals surface area (Å²) in [7, 11) is 3.82. The van der Waals surface area contributed by atoms with Crippen LogP contribution in [-0.4, -0.2) is 48.8 Å². The summed E-state index contributed by atoms with van der Waals surface area (Å²) in [5, 5.41) is 3.71. The lowest BCUT2D eigenvalue weighted by Crippen LogP contribution is -2.36. The molecular formula is C7H15N2OPS3. The van der Waals surface area contributed by atoms with E-state index in [2.05, 4.69) is 5.32 Å². The van der Waals surface area contributed by atoms with Gasteiger partial charge in [-0.05, 0) is 12.2 Å². The van der Waals surface area contributed by atoms with Crippen molar-refractivity contribution in [3.8, 4) is 0 Å². The Morgan fingerprint density at radius 1 is 1.57 bits per heavy atom. The van der Waals surface area contributed by atoms with Crippen molar-refractivity contribution in [3.05, 3.63) is 0 Å². The number of nitrogens with zero attached hydrogens (tertiary/aromatic N) is 1. The van der Waals surface area contributed by atoms with Gasteiger partial charge in [0.05, 0.1) is 6.61 Å². The SMILES string of the molecule is CNC(=S)N(C)CCOP1SCCS1. The molecule has 0 atom stereocenters. The van der Waals surface area contributed by atoms with E-state index in [1.54, 1.807) is 0 Å². The second kappa shape index (κ2) is 7.12. The molecule has 0 aliphatic carbocycles. The van der Waals surface area contributed by atoms with Crippen LogP contribution < -0.4 is 5.32 Å². The molecule has 1 heterocycles. The topological polar surface area (TPSA) is 24.5 Å². The van der Waals surface area contributed by atoms with Crippen LogP contribution in [0.25, 0.3) is 0 Å². The van der Waals surface area contributed by atoms with E-state index >= 15 is 0 Å². The molecule has 3 nitrogen and oxygen atoms in total. The van der Waals surface area contributed by atoms with Gasteiger partial charge in [0.1, 0.15) is 0 Å². The molecule has 1 fully saturated rings. The molecule has 1 aliphatic rings. The lowest BCUT2D eigenvalue weighted by molar-refractivity contribution is 0.319. The maximum Gasteiger partial charge on any atom is 0.168 e. The molecule has 1 aliphatic heterocycles. The highest BCUT2D eigenvalue weighted by Crippen LogP contribution is 2.66. The highest BCUT2D eigenvalue weighted by atomic mass is 33.1. The van der Waals surface area contributed by atoms with Crippen molar-refractivity contribution in [1.29, 1.82) is 0 Å². The van der Waals surface area contributed by atoms with E-state index in [4.69, 9.17) is 16.7 Å². The Morgan fingerprint density at radius 2 is 2.21 bits per heavy atom. The van der Waals surface area contributed by atoms with Crippen molar-refractivity contribution in [2.45, 2.75) is 0 Å². The second-order valence-electron chi connectivity index (χ2n) is 2.70. The quantitative estimate of drug-likeness (QED) is 0.621. The lowest BCUT2D eigenvalue weighted by Gasteiger charge is -2.19. The van der Waals surface area contributed by atoms with Crippen molar-refractivity contribution < 1.29 is 4.52 Å². The molecule has 0 aromatic heterocycles. The fourth-order valence-corrected chi connectivity index (χ4v) is 7.69. The molecule has 0 bridgehead atoms. The molecule has 0 aromatic rings. The minimum atomic E-state index is -0.256. The largest absolute Gasteiger partial charge is 0.366 e. The van der Waals surface area contributed by atoms with Crippen LogP contribution in [0.5, 0.6) is 0 Å². The highest BCUT2D eigenvalue weighted by molar-refractivity contribution is 8.88. The first-order chi connectivity index (χ1) is 6.74. The zero-order valence-electron chi connectivity index (χ0n) is 8.36. The molecule has 82 valence electrons. The maximum atomic E-state index is 5.73. The predicted molar refractivity (Wildman–Crippen MR) is 72.1 cm³/mol. The number of thiocarbonyl (C=S) groups is 1. The fraction of sp³-hybridized carbons (Fsp3) is 0.857. The minimum absolute atomic E-state index is 0.256. The molecule has 1 saturated heterocycles. The average Bonchev–Trinajstić information content (AvgIpc) is 2.69. The van der Waals surface area contributed by atoms with Crippen LogP contribution >= 0.6 is 41.5 Å². The zero-order chi connectivity index (χ0) is 10.4. The van der Waals surface area contributed by atoms with E-state index in [9.17, 15) is 0 Å². The summed E-state index contributed by atoms with van der Waals surface area (Å²) in [5.74, 6) is 2.47. The van der Waals surface area contributed by atoms with E-state index < -0.39 is 0 Å². The first-order valence-electron chi connectivity index (χ1n) is 4.35. The van der Waals surface area contributed by atoms with Gasteiger partial charge in [-0.2, -0.15) is 0 Å². The van der Waals surface area contributed by atoms with Gasteiger partial charge in [0, 0.05) is 32.1 Å². The standard InChI is InChI=1S/C7H15N2OPS3/c1-8-7(12)9(2)3-4-10-11-13-5-6-14-11/h3-6H2,1-2H3,(H,8,12). The van der Waals surface area contributed by atoms with Crippen molar-refractivity contribution in [1.82, 2.24) is 10.2 Å². The summed E-state index contributed by atoms with van der Waals surface area (Å²) >= 11 is 8.97. The van der Waals surface area contributed by atoms with Crippen LogP contribution in [0.1, 0.15) is 0 Å². The Balaban J connectivity index is 2.05. The van der Waals surface area contributed by atoms with Gasteiger partial charge < -0.3 is 14.7 Å². The van der Waals surface area contributed by atoms with Gasteiger partial charge in [0.15, 0.2) is 11.7 Å². The summed E-state index contributed by atoms with van der Waals surface area (Å²) in [4.78, 5) is 2.00. The van der Waals surface area contributed by atoms with Crippen LogP contribution in [0.15, 0.2) is 0 Å². The van der Waals surface area contributed by atoms with Crippen molar-refractivity contribution in [2.75, 3.05) is 38.8 Å². The number of hydrogen-bond acceptors (Lipinski definition) is 4. The summed E-state index contributed by atoms with van der Waals surface area (Å²) in [6.45, 7) is 1.37. The van der Waals surface area contributed by atoms with E-state index in [0.717, 1.165) is 18.3 Å². The maximum absolute atomic E-state index is 5.73. The molecule has 0 unspecified atom stereocenters. The van der Waals surface area contributed by atoms with Crippen LogP contribution in [0.4, 0.5) is 0 Å². The van der Waals surface area contributed by atoms with E-state index in [0.29, 0.717) is 0 Å². The first kappa shape index (κ1) is 12.8. The van der Waals surface area contributed by atoms with Crippen LogP contribution in [0, 0.1) is 0 Å². The van der Waals surface area contributed by atoms with Gasteiger partial charge >= 0.3 is 0 Å². The third-order valence-electron chi connectivity index (χ3n) is 1.66. The molecule has 14 heavy (non-hydrogen) atoms. The van der Waals surface area contributed by atoms with Crippen LogP contribution in [0.3, 0.4) is 0 Å². The normalized spacial score (nSPS) is 17.0. The third kappa shape index (κ3) is 4.53. The minimum Gasteiger partial charge on any atom is -0.366 e. The molecule has 0 aromatic carbocycles. The van der Waals surface area contributed by atoms with Gasteiger partial charge in [-0.3, -0.25) is 0 Å². The molecule has 1 N–H and O–H groups in total. The molecule has 0 saturated carbocycles. The highest BCUT2D eigenvalue weighted by Gasteiger charge is 2.17. The second-order valence-corrected chi connectivity index (χ2v) is 9.36. The molecule has 7 heteroatoms. The third-order valence-corrected chi connectivity index (χ3v) is 8.91. The van der Waals surface area contributed by atoms with E-state index in [1.165, 1.54) is 11.5 Å². The van der Waals surface area contributed by atoms with Crippen LogP contribution in [-0.2, 0) is 4.52 Å². The Bertz CT molecular complexity index is 190. The zero-order valence-corrected chi connectivity index (χ0v) is 11.7. The fourth-order valence-electron chi connectivity index (χ4n) is 0.880. The summed E-state index contributed by atoms with van der Waals surface area (Å²) in [5.41, 5.74) is 0. The Morgan fingerprint density at radius 3 is 2.79 bits per heavy atom. The van der Waals surface area contributed by atoms with Gasteiger partial charge in [-0.25, -0.2) is 0 Å². The van der Waals surface area contributed by atoms with Gasteiger partial charge in [0.2, 0.25) is 0 Å². The molecule has 0 amide bonds. The van der Waals surface area contributed by atoms with Gasteiger partial charge in [-0.15, -0.1) is 0 Å². The van der Waals surface area contributed by atoms with Crippen molar-refractivity contribution in [2.24, 2.45) is 0 Å². The molecular weight excluding hydrogens is 255 g/mol. The van der Waals surface area contributed by atoms with Crippen molar-refractivity contribution in [3.63, 3.8) is 0 Å². The molecule has 1 rings (SSSR count). The number of nitrogens with one attached hydrogen (secondary N) is 1. The molecule has 0 spiro atoms. The Labute approximate surface area is 100 Å². The van der Waals surface area contributed by atoms with Crippen molar-refractivity contribution >= 4 is 46.6 Å². The number of rotatable bonds is 4. The van der Waals surface area contributed by atoms with E-state index in [-0.39, 0.29) is 6.55 Å². The summed E-state index contributed by atoms with van der Waals surface area (Å²) in [6.07, 6.45) is 0. The first-order valence-corrected chi connectivity index (χ1v) is 9.20. The smallest absolute Gasteiger partial charge is 0.168 e. The number of likely N-dealkylation sites (N-methyl/N-ethyl adjacent to an activating group) is 1. The molecule has 0 radical (unpaired) electrons. The number of hydrogen-bond donors (Lipinski definition) is 1. The Hall–Kier alpha value is 0.780. The average molecular weight is 270 g/mol. The van der Waals surface area contributed by atoms with Crippen LogP contribution in [0.2, 0.25) is 0 Å². The Kier molecular flexibility index (Phi) is 6.53. The van der Waals surface area contributed by atoms with E-state index in [1.807, 2.05) is 41.8 Å². The van der Waals surface area contributed by atoms with Gasteiger partial charge in [-0.1, -0.05) is 22.8 Å². The summed E-state index contributed by atoms with van der Waals surface area (Å²) in [6, 6.07) is 0. The van der Waals surface area contributed by atoms with Gasteiger partial charge in [0.25, 0.3) is 0 Å². The monoisotopic (exact) mass is 270 g/mol.